The average molecular weight is 377 g/mol. The number of aromatic amines is 1. The summed E-state index contributed by atoms with van der Waals surface area (Å²) in [6.07, 6.45) is 2.46. The number of hydrogen-bond donors (Lipinski definition) is 3. The Bertz CT molecular complexity index is 953. The molecule has 0 radical (unpaired) electrons. The first-order chi connectivity index (χ1) is 13.6. The van der Waals surface area contributed by atoms with Crippen LogP contribution in [0.5, 0.6) is 0 Å². The third kappa shape index (κ3) is 3.91. The summed E-state index contributed by atoms with van der Waals surface area (Å²) in [7, 11) is 0. The molecule has 28 heavy (non-hydrogen) atoms. The minimum absolute atomic E-state index is 0.0187. The highest BCUT2D eigenvalue weighted by molar-refractivity contribution is 5.80. The van der Waals surface area contributed by atoms with Crippen molar-refractivity contribution in [2.24, 2.45) is 11.8 Å². The molecule has 144 valence electrons. The van der Waals surface area contributed by atoms with Crippen LogP contribution in [-0.4, -0.2) is 27.0 Å². The Hall–Kier alpha value is -3.15. The van der Waals surface area contributed by atoms with Crippen molar-refractivity contribution in [1.82, 2.24) is 15.3 Å². The molecule has 1 heterocycles. The molecule has 0 saturated heterocycles. The number of nitrogens with one attached hydrogen (secondary N) is 2. The van der Waals surface area contributed by atoms with Crippen LogP contribution in [0.4, 0.5) is 0 Å². The van der Waals surface area contributed by atoms with Crippen molar-refractivity contribution in [3.8, 4) is 11.4 Å². The second-order valence-electron chi connectivity index (χ2n) is 7.40. The fourth-order valence-corrected chi connectivity index (χ4v) is 3.81. The van der Waals surface area contributed by atoms with Gasteiger partial charge in [-0.25, -0.2) is 4.98 Å². The fourth-order valence-electron chi connectivity index (χ4n) is 3.81. The van der Waals surface area contributed by atoms with Crippen LogP contribution < -0.4 is 5.32 Å². The molecule has 1 saturated carbocycles. The molecule has 6 nitrogen and oxygen atoms in total. The van der Waals surface area contributed by atoms with Crippen LogP contribution in [0, 0.1) is 11.8 Å². The number of aliphatic carboxylic acids is 1. The van der Waals surface area contributed by atoms with E-state index >= 15 is 0 Å². The molecule has 0 unspecified atom stereocenters. The minimum Gasteiger partial charge on any atom is -0.481 e. The Kier molecular flexibility index (Phi) is 5.10. The third-order valence-corrected chi connectivity index (χ3v) is 5.53. The van der Waals surface area contributed by atoms with Gasteiger partial charge in [0.2, 0.25) is 5.91 Å². The molecule has 1 amide bonds. The van der Waals surface area contributed by atoms with Gasteiger partial charge in [0.15, 0.2) is 0 Å². The smallest absolute Gasteiger partial charge is 0.306 e. The first kappa shape index (κ1) is 18.2. The van der Waals surface area contributed by atoms with E-state index in [1.807, 2.05) is 48.5 Å². The highest BCUT2D eigenvalue weighted by Gasteiger charge is 2.29. The van der Waals surface area contributed by atoms with Crippen molar-refractivity contribution in [3.63, 3.8) is 0 Å². The normalized spacial score (nSPS) is 19.4. The molecular formula is C22H23N3O3. The molecule has 3 aromatic rings. The Morgan fingerprint density at radius 3 is 2.36 bits per heavy atom. The Morgan fingerprint density at radius 1 is 1.00 bits per heavy atom. The monoisotopic (exact) mass is 377 g/mol. The van der Waals surface area contributed by atoms with Gasteiger partial charge in [-0.05, 0) is 43.4 Å². The van der Waals surface area contributed by atoms with Crippen LogP contribution in [0.1, 0.15) is 31.2 Å². The average Bonchev–Trinajstić information content (AvgIpc) is 3.16. The molecule has 4 rings (SSSR count). The number of nitrogens with zero attached hydrogens (tertiary/aromatic N) is 1. The van der Waals surface area contributed by atoms with Crippen molar-refractivity contribution in [2.75, 3.05) is 0 Å². The molecule has 0 spiro atoms. The number of aromatic nitrogens is 2. The van der Waals surface area contributed by atoms with Crippen molar-refractivity contribution in [3.05, 3.63) is 54.1 Å². The Balaban J connectivity index is 1.33. The third-order valence-electron chi connectivity index (χ3n) is 5.53. The van der Waals surface area contributed by atoms with Gasteiger partial charge in [-0.2, -0.15) is 0 Å². The number of benzene rings is 2. The number of imidazole rings is 1. The van der Waals surface area contributed by atoms with E-state index < -0.39 is 5.97 Å². The van der Waals surface area contributed by atoms with Crippen LogP contribution in [0.2, 0.25) is 0 Å². The standard InChI is InChI=1S/C22H23N3O3/c26-21(16-9-11-17(12-10-16)22(27)28)23-13-14-5-7-15(8-6-14)20-24-18-3-1-2-4-19(18)25-20/h1-8,16-17H,9-13H2,(H,23,26)(H,24,25)(H,27,28). The van der Waals surface area contributed by atoms with Crippen molar-refractivity contribution in [1.29, 1.82) is 0 Å². The van der Waals surface area contributed by atoms with E-state index in [0.717, 1.165) is 28.0 Å². The summed E-state index contributed by atoms with van der Waals surface area (Å²) in [6, 6.07) is 15.9. The lowest BCUT2D eigenvalue weighted by Gasteiger charge is -2.25. The van der Waals surface area contributed by atoms with Crippen molar-refractivity contribution < 1.29 is 14.7 Å². The predicted molar refractivity (Wildman–Crippen MR) is 106 cm³/mol. The number of H-pyrrole nitrogens is 1. The van der Waals surface area contributed by atoms with Gasteiger partial charge >= 0.3 is 5.97 Å². The van der Waals surface area contributed by atoms with Crippen molar-refractivity contribution >= 4 is 22.9 Å². The molecule has 3 N–H and O–H groups in total. The van der Waals surface area contributed by atoms with E-state index in [2.05, 4.69) is 15.3 Å². The first-order valence-electron chi connectivity index (χ1n) is 9.65. The van der Waals surface area contributed by atoms with Crippen molar-refractivity contribution in [2.45, 2.75) is 32.2 Å². The number of carboxylic acid groups (broad SMARTS) is 1. The van der Waals surface area contributed by atoms with Gasteiger partial charge in [0, 0.05) is 18.0 Å². The second-order valence-corrected chi connectivity index (χ2v) is 7.40. The maximum Gasteiger partial charge on any atom is 0.306 e. The highest BCUT2D eigenvalue weighted by atomic mass is 16.4. The van der Waals surface area contributed by atoms with Gasteiger partial charge in [0.1, 0.15) is 5.82 Å². The van der Waals surface area contributed by atoms with Gasteiger partial charge in [-0.3, -0.25) is 9.59 Å². The summed E-state index contributed by atoms with van der Waals surface area (Å²) in [5.74, 6) is -0.277. The molecule has 1 aromatic heterocycles. The van der Waals surface area contributed by atoms with Gasteiger partial charge in [0.05, 0.1) is 17.0 Å². The molecular weight excluding hydrogens is 354 g/mol. The SMILES string of the molecule is O=C(O)C1CCC(C(=O)NCc2ccc(-c3nc4ccccc4[nH]3)cc2)CC1. The molecule has 2 aromatic carbocycles. The van der Waals surface area contributed by atoms with E-state index in [9.17, 15) is 9.59 Å². The van der Waals surface area contributed by atoms with Gasteiger partial charge in [0.25, 0.3) is 0 Å². The van der Waals surface area contributed by atoms with Gasteiger partial charge in [-0.1, -0.05) is 36.4 Å². The number of carbonyl (C=O) groups is 2. The molecule has 0 atom stereocenters. The largest absolute Gasteiger partial charge is 0.481 e. The first-order valence-corrected chi connectivity index (χ1v) is 9.65. The number of para-hydroxylation sites is 2. The Morgan fingerprint density at radius 2 is 1.68 bits per heavy atom. The summed E-state index contributed by atoms with van der Waals surface area (Å²) >= 11 is 0. The van der Waals surface area contributed by atoms with Crippen LogP contribution >= 0.6 is 0 Å². The number of rotatable bonds is 5. The zero-order chi connectivity index (χ0) is 19.5. The molecule has 0 aliphatic heterocycles. The predicted octanol–water partition coefficient (Wildman–Crippen LogP) is 3.74. The van der Waals surface area contributed by atoms with Gasteiger partial charge in [-0.15, -0.1) is 0 Å². The lowest BCUT2D eigenvalue weighted by molar-refractivity contribution is -0.144. The lowest BCUT2D eigenvalue weighted by atomic mass is 9.81. The quantitative estimate of drug-likeness (QED) is 0.631. The zero-order valence-corrected chi connectivity index (χ0v) is 15.5. The topological polar surface area (TPSA) is 95.1 Å². The zero-order valence-electron chi connectivity index (χ0n) is 15.5. The summed E-state index contributed by atoms with van der Waals surface area (Å²) < 4.78 is 0. The summed E-state index contributed by atoms with van der Waals surface area (Å²) in [5.41, 5.74) is 3.96. The van der Waals surface area contributed by atoms with E-state index in [1.54, 1.807) is 0 Å². The maximum atomic E-state index is 12.4. The van der Waals surface area contributed by atoms with Crippen LogP contribution in [0.3, 0.4) is 0 Å². The summed E-state index contributed by atoms with van der Waals surface area (Å²) in [6.45, 7) is 0.470. The van der Waals surface area contributed by atoms with Gasteiger partial charge < -0.3 is 15.4 Å². The minimum atomic E-state index is -0.747. The van der Waals surface area contributed by atoms with Crippen LogP contribution in [-0.2, 0) is 16.1 Å². The summed E-state index contributed by atoms with van der Waals surface area (Å²) in [4.78, 5) is 31.3. The van der Waals surface area contributed by atoms with E-state index in [4.69, 9.17) is 5.11 Å². The summed E-state index contributed by atoms with van der Waals surface area (Å²) in [5, 5.41) is 12.0. The molecule has 1 fully saturated rings. The number of carbonyl (C=O) groups excluding carboxylic acids is 1. The highest BCUT2D eigenvalue weighted by Crippen LogP contribution is 2.29. The fraction of sp³-hybridized carbons (Fsp3) is 0.318. The van der Waals surface area contributed by atoms with Crippen LogP contribution in [0.15, 0.2) is 48.5 Å². The van der Waals surface area contributed by atoms with E-state index in [1.165, 1.54) is 0 Å². The van der Waals surface area contributed by atoms with E-state index in [-0.39, 0.29) is 17.7 Å². The molecule has 1 aliphatic carbocycles. The Labute approximate surface area is 163 Å². The lowest BCUT2D eigenvalue weighted by Crippen LogP contribution is -2.34. The second kappa shape index (κ2) is 7.84. The molecule has 0 bridgehead atoms. The van der Waals surface area contributed by atoms with Crippen LogP contribution in [0.25, 0.3) is 22.4 Å². The number of hydrogen-bond acceptors (Lipinski definition) is 3. The maximum absolute atomic E-state index is 12.4. The molecule has 1 aliphatic rings. The number of amides is 1. The number of carboxylic acids is 1. The number of fused-ring (bicyclic) bond motifs is 1. The van der Waals surface area contributed by atoms with E-state index in [0.29, 0.717) is 32.2 Å². The molecule has 6 heteroatoms.